The molecule has 0 spiro atoms. The second-order valence-corrected chi connectivity index (χ2v) is 3.75. The molecule has 1 atom stereocenters. The minimum absolute atomic E-state index is 0.393. The molecule has 74 valence electrons. The number of nitrogens with two attached hydrogens (primary N) is 1. The Morgan fingerprint density at radius 1 is 1.50 bits per heavy atom. The average molecular weight is 189 g/mol. The molecular formula is C11H15N3. The molecule has 2 N–H and O–H groups in total. The van der Waals surface area contributed by atoms with Crippen LogP contribution in [0.4, 0.5) is 0 Å². The summed E-state index contributed by atoms with van der Waals surface area (Å²) in [7, 11) is 0. The van der Waals surface area contributed by atoms with Crippen LogP contribution in [0.5, 0.6) is 0 Å². The molecule has 0 aliphatic rings. The molecule has 2 rings (SSSR count). The number of rotatable bonds is 2. The minimum Gasteiger partial charge on any atom is -0.330 e. The molecule has 14 heavy (non-hydrogen) atoms. The van der Waals surface area contributed by atoms with Crippen molar-refractivity contribution in [3.8, 4) is 0 Å². The van der Waals surface area contributed by atoms with E-state index in [0.29, 0.717) is 12.5 Å². The summed E-state index contributed by atoms with van der Waals surface area (Å²) in [5, 5.41) is 4.37. The molecule has 0 fully saturated rings. The number of hydrogen-bond acceptors (Lipinski definition) is 2. The third kappa shape index (κ3) is 1.51. The lowest BCUT2D eigenvalue weighted by Crippen LogP contribution is -2.09. The summed E-state index contributed by atoms with van der Waals surface area (Å²) in [6, 6.07) is 6.27. The van der Waals surface area contributed by atoms with E-state index in [1.54, 1.807) is 0 Å². The third-order valence-corrected chi connectivity index (χ3v) is 2.53. The van der Waals surface area contributed by atoms with E-state index < -0.39 is 0 Å². The smallest absolute Gasteiger partial charge is 0.0664 e. The van der Waals surface area contributed by atoms with Gasteiger partial charge in [-0.05, 0) is 37.1 Å². The van der Waals surface area contributed by atoms with Gasteiger partial charge in [-0.3, -0.25) is 0 Å². The largest absolute Gasteiger partial charge is 0.330 e. The van der Waals surface area contributed by atoms with Crippen LogP contribution < -0.4 is 5.73 Å². The fraction of sp³-hybridized carbons (Fsp3) is 0.364. The molecule has 3 nitrogen and oxygen atoms in total. The van der Waals surface area contributed by atoms with Crippen LogP contribution in [-0.4, -0.2) is 16.2 Å². The lowest BCUT2D eigenvalue weighted by molar-refractivity contribution is 0.760. The Balaban J connectivity index is 2.50. The number of pyridine rings is 1. The van der Waals surface area contributed by atoms with E-state index >= 15 is 0 Å². The molecule has 2 heterocycles. The number of aryl methyl sites for hydroxylation is 1. The predicted molar refractivity (Wildman–Crippen MR) is 57.4 cm³/mol. The minimum atomic E-state index is 0.393. The van der Waals surface area contributed by atoms with Crippen LogP contribution in [-0.2, 0) is 0 Å². The topological polar surface area (TPSA) is 43.3 Å². The van der Waals surface area contributed by atoms with E-state index in [1.807, 2.05) is 11.4 Å². The van der Waals surface area contributed by atoms with Crippen molar-refractivity contribution < 1.29 is 0 Å². The van der Waals surface area contributed by atoms with Crippen LogP contribution in [0.2, 0.25) is 0 Å². The lowest BCUT2D eigenvalue weighted by Gasteiger charge is -2.08. The standard InChI is InChI=1S/C11H15N3/c1-8(6-12)10-3-4-11-5-9(2)13-14(11)7-10/h3-5,7-8H,6,12H2,1-2H3. The zero-order valence-electron chi connectivity index (χ0n) is 8.57. The monoisotopic (exact) mass is 189 g/mol. The molecule has 0 amide bonds. The van der Waals surface area contributed by atoms with Gasteiger partial charge in [-0.1, -0.05) is 13.0 Å². The van der Waals surface area contributed by atoms with Crippen molar-refractivity contribution in [3.63, 3.8) is 0 Å². The molecule has 0 radical (unpaired) electrons. The maximum atomic E-state index is 5.62. The van der Waals surface area contributed by atoms with Crippen molar-refractivity contribution in [2.45, 2.75) is 19.8 Å². The van der Waals surface area contributed by atoms with Gasteiger partial charge in [0.1, 0.15) is 0 Å². The van der Waals surface area contributed by atoms with Crippen molar-refractivity contribution in [1.29, 1.82) is 0 Å². The molecule has 1 unspecified atom stereocenters. The van der Waals surface area contributed by atoms with Crippen LogP contribution >= 0.6 is 0 Å². The highest BCUT2D eigenvalue weighted by atomic mass is 15.2. The van der Waals surface area contributed by atoms with Gasteiger partial charge in [-0.15, -0.1) is 0 Å². The molecule has 0 saturated carbocycles. The first kappa shape index (κ1) is 9.21. The highest BCUT2D eigenvalue weighted by molar-refractivity contribution is 5.48. The molecule has 0 aromatic carbocycles. The maximum Gasteiger partial charge on any atom is 0.0664 e. The van der Waals surface area contributed by atoms with Gasteiger partial charge in [0.05, 0.1) is 11.2 Å². The Morgan fingerprint density at radius 2 is 2.29 bits per heavy atom. The fourth-order valence-corrected chi connectivity index (χ4v) is 1.56. The van der Waals surface area contributed by atoms with Crippen molar-refractivity contribution in [2.24, 2.45) is 5.73 Å². The Morgan fingerprint density at radius 3 is 3.00 bits per heavy atom. The number of nitrogens with zero attached hydrogens (tertiary/aromatic N) is 2. The molecule has 0 bridgehead atoms. The summed E-state index contributed by atoms with van der Waals surface area (Å²) < 4.78 is 1.91. The lowest BCUT2D eigenvalue weighted by atomic mass is 10.0. The van der Waals surface area contributed by atoms with Gasteiger partial charge in [-0.2, -0.15) is 5.10 Å². The van der Waals surface area contributed by atoms with Crippen molar-refractivity contribution in [2.75, 3.05) is 6.54 Å². The van der Waals surface area contributed by atoms with Gasteiger partial charge in [0, 0.05) is 6.20 Å². The van der Waals surface area contributed by atoms with Crippen molar-refractivity contribution in [1.82, 2.24) is 9.61 Å². The first-order valence-electron chi connectivity index (χ1n) is 4.86. The second kappa shape index (κ2) is 3.42. The SMILES string of the molecule is Cc1cc2ccc(C(C)CN)cn2n1. The number of aromatic nitrogens is 2. The molecule has 2 aromatic heterocycles. The van der Waals surface area contributed by atoms with Crippen LogP contribution in [0.25, 0.3) is 5.52 Å². The van der Waals surface area contributed by atoms with Gasteiger partial charge < -0.3 is 5.73 Å². The van der Waals surface area contributed by atoms with Gasteiger partial charge in [0.2, 0.25) is 0 Å². The molecular weight excluding hydrogens is 174 g/mol. The van der Waals surface area contributed by atoms with Crippen molar-refractivity contribution in [3.05, 3.63) is 35.7 Å². The predicted octanol–water partition coefficient (Wildman–Crippen LogP) is 1.70. The summed E-state index contributed by atoms with van der Waals surface area (Å²) in [4.78, 5) is 0. The van der Waals surface area contributed by atoms with Crippen LogP contribution in [0, 0.1) is 6.92 Å². The second-order valence-electron chi connectivity index (χ2n) is 3.75. The zero-order valence-corrected chi connectivity index (χ0v) is 8.57. The molecule has 0 aliphatic carbocycles. The molecule has 2 aromatic rings. The highest BCUT2D eigenvalue weighted by Crippen LogP contribution is 2.15. The summed E-state index contributed by atoms with van der Waals surface area (Å²) in [5.41, 5.74) is 9.04. The van der Waals surface area contributed by atoms with E-state index in [1.165, 1.54) is 5.56 Å². The average Bonchev–Trinajstić information content (AvgIpc) is 2.55. The van der Waals surface area contributed by atoms with Crippen LogP contribution in [0.1, 0.15) is 24.1 Å². The van der Waals surface area contributed by atoms with Gasteiger partial charge >= 0.3 is 0 Å². The fourth-order valence-electron chi connectivity index (χ4n) is 1.56. The van der Waals surface area contributed by atoms with E-state index in [4.69, 9.17) is 5.73 Å². The Bertz CT molecular complexity index is 445. The Kier molecular flexibility index (Phi) is 2.25. The van der Waals surface area contributed by atoms with Gasteiger partial charge in [0.15, 0.2) is 0 Å². The van der Waals surface area contributed by atoms with Crippen molar-refractivity contribution >= 4 is 5.52 Å². The summed E-state index contributed by atoms with van der Waals surface area (Å²) in [6.07, 6.45) is 2.06. The third-order valence-electron chi connectivity index (χ3n) is 2.53. The van der Waals surface area contributed by atoms with Gasteiger partial charge in [-0.25, -0.2) is 4.52 Å². The Labute approximate surface area is 83.5 Å². The van der Waals surface area contributed by atoms with E-state index in [0.717, 1.165) is 11.2 Å². The Hall–Kier alpha value is -1.35. The van der Waals surface area contributed by atoms with E-state index in [2.05, 4.69) is 36.4 Å². The zero-order chi connectivity index (χ0) is 10.1. The van der Waals surface area contributed by atoms with E-state index in [9.17, 15) is 0 Å². The number of fused-ring (bicyclic) bond motifs is 1. The van der Waals surface area contributed by atoms with Crippen LogP contribution in [0.3, 0.4) is 0 Å². The van der Waals surface area contributed by atoms with Crippen LogP contribution in [0.15, 0.2) is 24.4 Å². The quantitative estimate of drug-likeness (QED) is 0.781. The summed E-state index contributed by atoms with van der Waals surface area (Å²) in [5.74, 6) is 0.393. The molecule has 3 heteroatoms. The first-order chi connectivity index (χ1) is 6.70. The molecule has 0 aliphatic heterocycles. The maximum absolute atomic E-state index is 5.62. The summed E-state index contributed by atoms with van der Waals surface area (Å²) >= 11 is 0. The summed E-state index contributed by atoms with van der Waals surface area (Å²) in [6.45, 7) is 4.79. The highest BCUT2D eigenvalue weighted by Gasteiger charge is 2.04. The first-order valence-corrected chi connectivity index (χ1v) is 4.86. The molecule has 0 saturated heterocycles. The van der Waals surface area contributed by atoms with E-state index in [-0.39, 0.29) is 0 Å². The van der Waals surface area contributed by atoms with Gasteiger partial charge in [0.25, 0.3) is 0 Å². The number of hydrogen-bond donors (Lipinski definition) is 1. The normalized spacial score (nSPS) is 13.4.